The van der Waals surface area contributed by atoms with Gasteiger partial charge in [0.2, 0.25) is 0 Å². The molecule has 20 heavy (non-hydrogen) atoms. The van der Waals surface area contributed by atoms with Crippen LogP contribution in [0.25, 0.3) is 10.9 Å². The maximum absolute atomic E-state index is 9.82. The number of halogens is 1. The number of nitrogens with one attached hydrogen (secondary N) is 1. The zero-order valence-corrected chi connectivity index (χ0v) is 11.4. The van der Waals surface area contributed by atoms with Gasteiger partial charge in [0.1, 0.15) is 11.3 Å². The first-order valence-electron chi connectivity index (χ1n) is 6.29. The van der Waals surface area contributed by atoms with Crippen LogP contribution in [0.2, 0.25) is 5.02 Å². The normalized spacial score (nSPS) is 10.7. The third-order valence-corrected chi connectivity index (χ3v) is 3.38. The van der Waals surface area contributed by atoms with E-state index in [1.807, 2.05) is 42.5 Å². The number of phenols is 1. The number of anilines is 1. The Kier molecular flexibility index (Phi) is 3.44. The molecule has 0 aliphatic carbocycles. The molecular formula is C16H13ClN2O. The van der Waals surface area contributed by atoms with Crippen LogP contribution in [0.1, 0.15) is 5.56 Å². The summed E-state index contributed by atoms with van der Waals surface area (Å²) in [6.07, 6.45) is 1.68. The van der Waals surface area contributed by atoms with E-state index in [0.717, 1.165) is 16.6 Å². The fourth-order valence-corrected chi connectivity index (χ4v) is 2.36. The summed E-state index contributed by atoms with van der Waals surface area (Å²) in [5.74, 6) is 0.201. The molecule has 1 aromatic heterocycles. The lowest BCUT2D eigenvalue weighted by Gasteiger charge is -2.10. The molecule has 3 rings (SSSR count). The molecule has 2 aromatic carbocycles. The van der Waals surface area contributed by atoms with Crippen molar-refractivity contribution < 1.29 is 5.11 Å². The second-order valence-electron chi connectivity index (χ2n) is 4.51. The minimum atomic E-state index is 0.201. The number of benzene rings is 2. The van der Waals surface area contributed by atoms with Gasteiger partial charge in [0, 0.05) is 28.8 Å². The highest BCUT2D eigenvalue weighted by molar-refractivity contribution is 6.30. The van der Waals surface area contributed by atoms with Gasteiger partial charge in [-0.15, -0.1) is 0 Å². The Bertz CT molecular complexity index is 758. The monoisotopic (exact) mass is 284 g/mol. The number of phenolic OH excluding ortho intramolecular Hbond substituents is 1. The van der Waals surface area contributed by atoms with Crippen molar-refractivity contribution in [1.29, 1.82) is 0 Å². The van der Waals surface area contributed by atoms with Crippen LogP contribution >= 0.6 is 11.6 Å². The van der Waals surface area contributed by atoms with Crippen LogP contribution in [0, 0.1) is 0 Å². The van der Waals surface area contributed by atoms with E-state index in [-0.39, 0.29) is 5.75 Å². The van der Waals surface area contributed by atoms with Gasteiger partial charge in [-0.3, -0.25) is 4.98 Å². The molecule has 0 saturated carbocycles. The summed E-state index contributed by atoms with van der Waals surface area (Å²) in [6.45, 7) is 0.642. The molecule has 0 aliphatic heterocycles. The molecule has 0 bridgehead atoms. The number of pyridine rings is 1. The van der Waals surface area contributed by atoms with Crippen molar-refractivity contribution in [2.75, 3.05) is 5.32 Å². The molecule has 2 N–H and O–H groups in total. The summed E-state index contributed by atoms with van der Waals surface area (Å²) in [5.41, 5.74) is 2.66. The largest absolute Gasteiger partial charge is 0.506 e. The van der Waals surface area contributed by atoms with E-state index >= 15 is 0 Å². The third kappa shape index (κ3) is 2.53. The van der Waals surface area contributed by atoms with E-state index in [4.69, 9.17) is 11.6 Å². The van der Waals surface area contributed by atoms with E-state index in [1.165, 1.54) is 0 Å². The van der Waals surface area contributed by atoms with Gasteiger partial charge in [-0.1, -0.05) is 29.8 Å². The topological polar surface area (TPSA) is 45.1 Å². The van der Waals surface area contributed by atoms with Crippen LogP contribution in [0.3, 0.4) is 0 Å². The summed E-state index contributed by atoms with van der Waals surface area (Å²) in [4.78, 5) is 4.21. The first-order valence-corrected chi connectivity index (χ1v) is 6.67. The van der Waals surface area contributed by atoms with Crippen molar-refractivity contribution in [3.63, 3.8) is 0 Å². The SMILES string of the molecule is Oc1ccc(CNc2cccc(Cl)c2)c2cccnc12. The number of aromatic hydroxyl groups is 1. The lowest BCUT2D eigenvalue weighted by atomic mass is 10.1. The lowest BCUT2D eigenvalue weighted by Crippen LogP contribution is -2.00. The minimum absolute atomic E-state index is 0.201. The molecule has 100 valence electrons. The van der Waals surface area contributed by atoms with Crippen LogP contribution in [0.4, 0.5) is 5.69 Å². The molecule has 0 saturated heterocycles. The summed E-state index contributed by atoms with van der Waals surface area (Å²) in [6, 6.07) is 15.0. The van der Waals surface area contributed by atoms with Crippen molar-refractivity contribution in [3.05, 3.63) is 65.3 Å². The maximum atomic E-state index is 9.82. The van der Waals surface area contributed by atoms with Crippen LogP contribution in [-0.4, -0.2) is 10.1 Å². The molecule has 0 atom stereocenters. The van der Waals surface area contributed by atoms with E-state index in [2.05, 4.69) is 10.3 Å². The van der Waals surface area contributed by atoms with Crippen LogP contribution in [0.5, 0.6) is 5.75 Å². The average molecular weight is 285 g/mol. The Morgan fingerprint density at radius 3 is 2.85 bits per heavy atom. The Hall–Kier alpha value is -2.26. The van der Waals surface area contributed by atoms with Crippen molar-refractivity contribution in [2.45, 2.75) is 6.54 Å². The first-order chi connectivity index (χ1) is 9.74. The average Bonchev–Trinajstić information content (AvgIpc) is 2.47. The van der Waals surface area contributed by atoms with E-state index < -0.39 is 0 Å². The summed E-state index contributed by atoms with van der Waals surface area (Å²) < 4.78 is 0. The molecule has 3 aromatic rings. The van der Waals surface area contributed by atoms with Crippen molar-refractivity contribution in [2.24, 2.45) is 0 Å². The van der Waals surface area contributed by atoms with Gasteiger partial charge in [-0.25, -0.2) is 0 Å². The number of fused-ring (bicyclic) bond motifs is 1. The van der Waals surface area contributed by atoms with Gasteiger partial charge in [0.05, 0.1) is 0 Å². The van der Waals surface area contributed by atoms with Gasteiger partial charge < -0.3 is 10.4 Å². The molecule has 0 fully saturated rings. The number of hydrogen-bond donors (Lipinski definition) is 2. The molecule has 0 aliphatic rings. The number of aromatic nitrogens is 1. The Morgan fingerprint density at radius 2 is 2.00 bits per heavy atom. The fourth-order valence-electron chi connectivity index (χ4n) is 2.17. The number of hydrogen-bond acceptors (Lipinski definition) is 3. The number of nitrogens with zero attached hydrogens (tertiary/aromatic N) is 1. The molecule has 0 unspecified atom stereocenters. The van der Waals surface area contributed by atoms with E-state index in [0.29, 0.717) is 17.1 Å². The first kappa shape index (κ1) is 12.8. The zero-order chi connectivity index (χ0) is 13.9. The van der Waals surface area contributed by atoms with Crippen LogP contribution < -0.4 is 5.32 Å². The Balaban J connectivity index is 1.90. The van der Waals surface area contributed by atoms with Crippen LogP contribution in [0.15, 0.2) is 54.7 Å². The van der Waals surface area contributed by atoms with Gasteiger partial charge in [0.25, 0.3) is 0 Å². The smallest absolute Gasteiger partial charge is 0.141 e. The highest BCUT2D eigenvalue weighted by atomic mass is 35.5. The summed E-state index contributed by atoms with van der Waals surface area (Å²) >= 11 is 5.96. The van der Waals surface area contributed by atoms with Gasteiger partial charge in [0.15, 0.2) is 0 Å². The molecule has 0 radical (unpaired) electrons. The quantitative estimate of drug-likeness (QED) is 0.757. The molecule has 1 heterocycles. The van der Waals surface area contributed by atoms with Crippen molar-refractivity contribution in [3.8, 4) is 5.75 Å². The third-order valence-electron chi connectivity index (χ3n) is 3.15. The molecular weight excluding hydrogens is 272 g/mol. The van der Waals surface area contributed by atoms with Crippen LogP contribution in [-0.2, 0) is 6.54 Å². The maximum Gasteiger partial charge on any atom is 0.141 e. The fraction of sp³-hybridized carbons (Fsp3) is 0.0625. The van der Waals surface area contributed by atoms with Crippen molar-refractivity contribution in [1.82, 2.24) is 4.98 Å². The minimum Gasteiger partial charge on any atom is -0.506 e. The summed E-state index contributed by atoms with van der Waals surface area (Å²) in [7, 11) is 0. The molecule has 0 spiro atoms. The molecule has 3 nitrogen and oxygen atoms in total. The predicted molar refractivity (Wildman–Crippen MR) is 82.2 cm³/mol. The highest BCUT2D eigenvalue weighted by Gasteiger charge is 2.05. The van der Waals surface area contributed by atoms with Gasteiger partial charge >= 0.3 is 0 Å². The second-order valence-corrected chi connectivity index (χ2v) is 4.94. The highest BCUT2D eigenvalue weighted by Crippen LogP contribution is 2.26. The standard InChI is InChI=1S/C16H13ClN2O/c17-12-3-1-4-13(9-12)19-10-11-6-7-15(20)16-14(11)5-2-8-18-16/h1-9,19-20H,10H2. The Morgan fingerprint density at radius 1 is 1.10 bits per heavy atom. The van der Waals surface area contributed by atoms with E-state index in [9.17, 15) is 5.11 Å². The lowest BCUT2D eigenvalue weighted by molar-refractivity contribution is 0.480. The van der Waals surface area contributed by atoms with Gasteiger partial charge in [-0.2, -0.15) is 0 Å². The molecule has 4 heteroatoms. The predicted octanol–water partition coefficient (Wildman–Crippen LogP) is 4.21. The second kappa shape index (κ2) is 5.39. The van der Waals surface area contributed by atoms with E-state index in [1.54, 1.807) is 12.3 Å². The van der Waals surface area contributed by atoms with Gasteiger partial charge in [-0.05, 0) is 35.9 Å². The zero-order valence-electron chi connectivity index (χ0n) is 10.7. The molecule has 0 amide bonds. The Labute approximate surface area is 121 Å². The van der Waals surface area contributed by atoms with Crippen molar-refractivity contribution >= 4 is 28.2 Å². The number of rotatable bonds is 3. The summed E-state index contributed by atoms with van der Waals surface area (Å²) in [5, 5.41) is 14.8.